The Bertz CT molecular complexity index is 203. The highest BCUT2D eigenvalue weighted by Crippen LogP contribution is 2.02. The Balaban J connectivity index is 2.88. The minimum atomic E-state index is 0.559. The first-order chi connectivity index (χ1) is 3.93. The first-order valence-electron chi connectivity index (χ1n) is 2.24. The predicted octanol–water partition coefficient (Wildman–Crippen LogP) is 1.65. The van der Waals surface area contributed by atoms with Gasteiger partial charge in [0.1, 0.15) is 24.3 Å². The van der Waals surface area contributed by atoms with Crippen LogP contribution in [0.3, 0.4) is 0 Å². The molecule has 0 spiro atoms. The van der Waals surface area contributed by atoms with Crippen molar-refractivity contribution >= 4 is 0 Å². The predicted molar refractivity (Wildman–Crippen MR) is 30.1 cm³/mol. The Labute approximate surface area is 47.4 Å². The Morgan fingerprint density at radius 2 is 2.50 bits per heavy atom. The fourth-order valence-electron chi connectivity index (χ4n) is 0.445. The summed E-state index contributed by atoms with van der Waals surface area (Å²) in [4.78, 5) is 2.95. The molecular formula is C6H4N2+2. The van der Waals surface area contributed by atoms with Crippen LogP contribution in [-0.2, 0) is 0 Å². The summed E-state index contributed by atoms with van der Waals surface area (Å²) in [6.45, 7) is 0. The zero-order valence-corrected chi connectivity index (χ0v) is 4.20. The summed E-state index contributed by atoms with van der Waals surface area (Å²) in [5.74, 6) is 0. The van der Waals surface area contributed by atoms with Gasteiger partial charge in [-0.25, -0.2) is 0 Å². The van der Waals surface area contributed by atoms with Gasteiger partial charge in [0.15, 0.2) is 4.98 Å². The summed E-state index contributed by atoms with van der Waals surface area (Å²) in [5.41, 5.74) is 0.559. The molecule has 0 saturated carbocycles. The zero-order valence-electron chi connectivity index (χ0n) is 4.20. The molecule has 0 fully saturated rings. The molecule has 0 atom stereocenters. The molecule has 0 aromatic rings. The topological polar surface area (TPSA) is 28.1 Å². The molecule has 0 radical (unpaired) electrons. The Morgan fingerprint density at radius 1 is 1.62 bits per heavy atom. The van der Waals surface area contributed by atoms with E-state index >= 15 is 0 Å². The van der Waals surface area contributed by atoms with Gasteiger partial charge in [0, 0.05) is 6.08 Å². The molecule has 0 N–H and O–H groups in total. The molecule has 0 aliphatic heterocycles. The fourth-order valence-corrected chi connectivity index (χ4v) is 0.445. The number of allylic oxidation sites excluding steroid dienone is 5. The molecule has 0 aromatic heterocycles. The van der Waals surface area contributed by atoms with E-state index in [1.165, 1.54) is 0 Å². The first-order valence-corrected chi connectivity index (χ1v) is 2.24. The van der Waals surface area contributed by atoms with E-state index < -0.39 is 0 Å². The van der Waals surface area contributed by atoms with E-state index in [0.29, 0.717) is 5.70 Å². The lowest BCUT2D eigenvalue weighted by molar-refractivity contribution is 1.41. The van der Waals surface area contributed by atoms with Gasteiger partial charge in [0.25, 0.3) is 0 Å². The van der Waals surface area contributed by atoms with Crippen LogP contribution in [0.2, 0.25) is 0 Å². The van der Waals surface area contributed by atoms with Gasteiger partial charge in [0.05, 0.1) is 0 Å². The summed E-state index contributed by atoms with van der Waals surface area (Å²) in [5, 5.41) is 8.15. The molecular weight excluding hydrogens is 100 g/mol. The average Bonchev–Trinajstić information content (AvgIpc) is 1.90. The Kier molecular flexibility index (Phi) is 1.18. The van der Waals surface area contributed by atoms with Crippen LogP contribution < -0.4 is 0 Å². The summed E-state index contributed by atoms with van der Waals surface area (Å²) in [7, 11) is 0. The molecule has 8 heavy (non-hydrogen) atoms. The van der Waals surface area contributed by atoms with Crippen molar-refractivity contribution in [2.24, 2.45) is 0 Å². The second-order valence-corrected chi connectivity index (χ2v) is 1.36. The van der Waals surface area contributed by atoms with E-state index in [-0.39, 0.29) is 0 Å². The van der Waals surface area contributed by atoms with Crippen molar-refractivity contribution in [1.82, 2.24) is 0 Å². The smallest absolute Gasteiger partial charge is 0.0402 e. The van der Waals surface area contributed by atoms with Gasteiger partial charge in [-0.2, -0.15) is 0 Å². The van der Waals surface area contributed by atoms with Gasteiger partial charge in [-0.3, -0.25) is 0 Å². The molecule has 1 aliphatic rings. The van der Waals surface area contributed by atoms with Gasteiger partial charge < -0.3 is 0 Å². The molecule has 0 unspecified atom stereocenters. The number of hydrogen-bond acceptors (Lipinski definition) is 1. The maximum absolute atomic E-state index is 8.15. The van der Waals surface area contributed by atoms with Gasteiger partial charge in [-0.1, -0.05) is 0 Å². The van der Waals surface area contributed by atoms with Crippen LogP contribution in [-0.4, -0.2) is 0 Å². The van der Waals surface area contributed by atoms with E-state index in [1.807, 2.05) is 0 Å². The maximum atomic E-state index is 8.15. The SMILES string of the molecule is N#[N+]C1=CC=[C+]C=C1. The fraction of sp³-hybridized carbons (Fsp3) is 0. The average molecular weight is 104 g/mol. The van der Waals surface area contributed by atoms with Gasteiger partial charge in [0.2, 0.25) is 5.39 Å². The number of hydrogen-bond donors (Lipinski definition) is 0. The van der Waals surface area contributed by atoms with Gasteiger partial charge in [-0.05, 0) is 0 Å². The highest BCUT2D eigenvalue weighted by Gasteiger charge is 2.11. The van der Waals surface area contributed by atoms with Crippen LogP contribution in [0.15, 0.2) is 30.0 Å². The summed E-state index contributed by atoms with van der Waals surface area (Å²) in [6, 6.07) is 0. The van der Waals surface area contributed by atoms with Crippen molar-refractivity contribution in [3.05, 3.63) is 41.1 Å². The molecule has 0 bridgehead atoms. The highest BCUT2D eigenvalue weighted by atomic mass is 14.8. The molecule has 2 nitrogen and oxygen atoms in total. The second kappa shape index (κ2) is 2.02. The Morgan fingerprint density at radius 3 is 2.88 bits per heavy atom. The third-order valence-corrected chi connectivity index (χ3v) is 0.816. The maximum Gasteiger partial charge on any atom is 0.487 e. The Hall–Kier alpha value is -1.45. The number of diazo groups is 1. The van der Waals surface area contributed by atoms with Gasteiger partial charge >= 0.3 is 5.70 Å². The van der Waals surface area contributed by atoms with Crippen LogP contribution in [0.1, 0.15) is 0 Å². The van der Waals surface area contributed by atoms with Crippen LogP contribution in [0.4, 0.5) is 0 Å². The summed E-state index contributed by atoms with van der Waals surface area (Å²) >= 11 is 0. The normalized spacial score (nSPS) is 14.1. The lowest BCUT2D eigenvalue weighted by atomic mass is 10.3. The standard InChI is InChI=1S/C6H4N2/c7-8-6-4-2-1-3-5-6/h2-5H/q+2. The van der Waals surface area contributed by atoms with E-state index in [2.05, 4.69) is 11.1 Å². The molecule has 0 heterocycles. The van der Waals surface area contributed by atoms with Crippen molar-refractivity contribution < 1.29 is 0 Å². The van der Waals surface area contributed by atoms with E-state index in [1.54, 1.807) is 24.3 Å². The van der Waals surface area contributed by atoms with Crippen molar-refractivity contribution in [3.8, 4) is 0 Å². The molecule has 1 rings (SSSR count). The third-order valence-electron chi connectivity index (χ3n) is 0.816. The molecule has 0 saturated heterocycles. The minimum Gasteiger partial charge on any atom is 0.0402 e. The lowest BCUT2D eigenvalue weighted by Crippen LogP contribution is -1.69. The van der Waals surface area contributed by atoms with Gasteiger partial charge in [-0.15, -0.1) is 0 Å². The quantitative estimate of drug-likeness (QED) is 0.339. The lowest BCUT2D eigenvalue weighted by Gasteiger charge is -1.64. The van der Waals surface area contributed by atoms with Crippen molar-refractivity contribution in [1.29, 1.82) is 5.39 Å². The zero-order chi connectivity index (χ0) is 5.82. The number of rotatable bonds is 0. The van der Waals surface area contributed by atoms with Crippen LogP contribution >= 0.6 is 0 Å². The van der Waals surface area contributed by atoms with Crippen molar-refractivity contribution in [2.75, 3.05) is 0 Å². The highest BCUT2D eigenvalue weighted by molar-refractivity contribution is 5.32. The number of nitrogens with zero attached hydrogens (tertiary/aromatic N) is 2. The van der Waals surface area contributed by atoms with E-state index in [9.17, 15) is 0 Å². The molecule has 2 heteroatoms. The van der Waals surface area contributed by atoms with Crippen LogP contribution in [0.5, 0.6) is 0 Å². The van der Waals surface area contributed by atoms with E-state index in [4.69, 9.17) is 5.39 Å². The van der Waals surface area contributed by atoms with Crippen molar-refractivity contribution in [3.63, 3.8) is 0 Å². The summed E-state index contributed by atoms with van der Waals surface area (Å²) in [6.07, 6.45) is 9.51. The molecule has 1 aliphatic carbocycles. The minimum absolute atomic E-state index is 0.559. The molecule has 0 amide bonds. The van der Waals surface area contributed by atoms with E-state index in [0.717, 1.165) is 0 Å². The second-order valence-electron chi connectivity index (χ2n) is 1.36. The van der Waals surface area contributed by atoms with Crippen LogP contribution in [0, 0.1) is 11.5 Å². The molecule has 36 valence electrons. The summed E-state index contributed by atoms with van der Waals surface area (Å²) < 4.78 is 0. The van der Waals surface area contributed by atoms with Crippen molar-refractivity contribution in [2.45, 2.75) is 0 Å². The third kappa shape index (κ3) is 0.784. The monoisotopic (exact) mass is 104 g/mol. The first kappa shape index (κ1) is 4.70. The largest absolute Gasteiger partial charge is 0.487 e. The van der Waals surface area contributed by atoms with Crippen LogP contribution in [0.25, 0.3) is 4.98 Å². The molecule has 0 aromatic carbocycles.